The van der Waals surface area contributed by atoms with Gasteiger partial charge in [-0.2, -0.15) is 0 Å². The first-order chi connectivity index (χ1) is 12.7. The van der Waals surface area contributed by atoms with Gasteiger partial charge in [0.2, 0.25) is 15.9 Å². The third-order valence-electron chi connectivity index (χ3n) is 4.43. The van der Waals surface area contributed by atoms with Gasteiger partial charge in [0, 0.05) is 6.54 Å². The Morgan fingerprint density at radius 1 is 1.11 bits per heavy atom. The summed E-state index contributed by atoms with van der Waals surface area (Å²) in [4.78, 5) is 12.3. The predicted octanol–water partition coefficient (Wildman–Crippen LogP) is 2.44. The van der Waals surface area contributed by atoms with E-state index in [2.05, 4.69) is 5.32 Å². The largest absolute Gasteiger partial charge is 0.497 e. The maximum atomic E-state index is 12.3. The van der Waals surface area contributed by atoms with Gasteiger partial charge in [-0.15, -0.1) is 0 Å². The molecule has 0 saturated carbocycles. The molecule has 2 rings (SSSR count). The van der Waals surface area contributed by atoms with E-state index in [0.717, 1.165) is 33.0 Å². The summed E-state index contributed by atoms with van der Waals surface area (Å²) in [5.74, 6) is 0.440. The minimum Gasteiger partial charge on any atom is -0.497 e. The minimum absolute atomic E-state index is 0.244. The summed E-state index contributed by atoms with van der Waals surface area (Å²) in [5, 5.41) is 2.79. The second-order valence-corrected chi connectivity index (χ2v) is 8.34. The summed E-state index contributed by atoms with van der Waals surface area (Å²) in [7, 11) is -1.97. The molecule has 27 heavy (non-hydrogen) atoms. The molecule has 0 radical (unpaired) electrons. The van der Waals surface area contributed by atoms with E-state index in [4.69, 9.17) is 4.74 Å². The number of ether oxygens (including phenoxy) is 1. The SMILES string of the molecule is COc1ccc(CCNC(=O)CN(c2cccc(C)c2C)S(C)(=O)=O)cc1. The fraction of sp³-hybridized carbons (Fsp3) is 0.350. The lowest BCUT2D eigenvalue weighted by Crippen LogP contribution is -2.41. The standard InChI is InChI=1S/C20H26N2O4S/c1-15-6-5-7-19(16(15)2)22(27(4,24)25)14-20(23)21-13-12-17-8-10-18(26-3)11-9-17/h5-11H,12-14H2,1-4H3,(H,21,23). The fourth-order valence-electron chi connectivity index (χ4n) is 2.71. The van der Waals surface area contributed by atoms with Gasteiger partial charge >= 0.3 is 0 Å². The van der Waals surface area contributed by atoms with Crippen LogP contribution in [0.15, 0.2) is 42.5 Å². The van der Waals surface area contributed by atoms with Crippen molar-refractivity contribution in [2.75, 3.05) is 30.8 Å². The number of hydrogen-bond donors (Lipinski definition) is 1. The first-order valence-corrected chi connectivity index (χ1v) is 10.5. The van der Waals surface area contributed by atoms with Crippen molar-refractivity contribution in [1.82, 2.24) is 5.32 Å². The van der Waals surface area contributed by atoms with Crippen molar-refractivity contribution in [3.63, 3.8) is 0 Å². The van der Waals surface area contributed by atoms with Crippen molar-refractivity contribution in [1.29, 1.82) is 0 Å². The van der Waals surface area contributed by atoms with Crippen LogP contribution in [0, 0.1) is 13.8 Å². The molecule has 2 aromatic carbocycles. The molecule has 2 aromatic rings. The number of nitrogens with one attached hydrogen (secondary N) is 1. The molecule has 0 aliphatic heterocycles. The normalized spacial score (nSPS) is 11.1. The van der Waals surface area contributed by atoms with Gasteiger partial charge in [0.1, 0.15) is 12.3 Å². The lowest BCUT2D eigenvalue weighted by atomic mass is 10.1. The second kappa shape index (κ2) is 8.90. The van der Waals surface area contributed by atoms with Crippen molar-refractivity contribution >= 4 is 21.6 Å². The highest BCUT2D eigenvalue weighted by Gasteiger charge is 2.22. The Morgan fingerprint density at radius 3 is 2.37 bits per heavy atom. The Morgan fingerprint density at radius 2 is 1.78 bits per heavy atom. The van der Waals surface area contributed by atoms with Crippen LogP contribution < -0.4 is 14.4 Å². The van der Waals surface area contributed by atoms with Gasteiger partial charge in [-0.25, -0.2) is 8.42 Å². The molecule has 6 nitrogen and oxygen atoms in total. The molecule has 0 aromatic heterocycles. The highest BCUT2D eigenvalue weighted by Crippen LogP contribution is 2.24. The third-order valence-corrected chi connectivity index (χ3v) is 5.55. The van der Waals surface area contributed by atoms with E-state index < -0.39 is 10.0 Å². The molecule has 0 fully saturated rings. The summed E-state index contributed by atoms with van der Waals surface area (Å²) in [5.41, 5.74) is 3.41. The summed E-state index contributed by atoms with van der Waals surface area (Å²) < 4.78 is 30.7. The maximum Gasteiger partial charge on any atom is 0.240 e. The number of hydrogen-bond acceptors (Lipinski definition) is 4. The van der Waals surface area contributed by atoms with E-state index in [1.807, 2.05) is 44.2 Å². The zero-order valence-corrected chi connectivity index (χ0v) is 17.0. The lowest BCUT2D eigenvalue weighted by Gasteiger charge is -2.24. The van der Waals surface area contributed by atoms with Crippen molar-refractivity contribution < 1.29 is 17.9 Å². The quantitative estimate of drug-likeness (QED) is 0.751. The molecule has 1 N–H and O–H groups in total. The molecule has 0 atom stereocenters. The number of rotatable bonds is 8. The molecule has 0 heterocycles. The van der Waals surface area contributed by atoms with Crippen LogP contribution in [0.25, 0.3) is 0 Å². The Balaban J connectivity index is 2.00. The Hall–Kier alpha value is -2.54. The van der Waals surface area contributed by atoms with E-state index in [9.17, 15) is 13.2 Å². The van der Waals surface area contributed by atoms with E-state index in [1.54, 1.807) is 19.2 Å². The predicted molar refractivity (Wildman–Crippen MR) is 108 cm³/mol. The summed E-state index contributed by atoms with van der Waals surface area (Å²) in [6, 6.07) is 13.0. The molecule has 7 heteroatoms. The molecule has 0 bridgehead atoms. The average Bonchev–Trinajstić information content (AvgIpc) is 2.62. The first kappa shape index (κ1) is 20.8. The smallest absolute Gasteiger partial charge is 0.240 e. The number of methoxy groups -OCH3 is 1. The van der Waals surface area contributed by atoms with Crippen LogP contribution in [0.3, 0.4) is 0 Å². The molecular formula is C20H26N2O4S. The van der Waals surface area contributed by atoms with Gasteiger partial charge < -0.3 is 10.1 Å². The number of anilines is 1. The van der Waals surface area contributed by atoms with Gasteiger partial charge in [0.25, 0.3) is 0 Å². The molecule has 0 unspecified atom stereocenters. The Kier molecular flexibility index (Phi) is 6.85. The van der Waals surface area contributed by atoms with Crippen molar-refractivity contribution in [3.8, 4) is 5.75 Å². The molecule has 0 aliphatic rings. The summed E-state index contributed by atoms with van der Waals surface area (Å²) in [6.45, 7) is 3.94. The number of amides is 1. The highest BCUT2D eigenvalue weighted by atomic mass is 32.2. The van der Waals surface area contributed by atoms with E-state index in [0.29, 0.717) is 18.7 Å². The second-order valence-electron chi connectivity index (χ2n) is 6.44. The van der Waals surface area contributed by atoms with Crippen LogP contribution in [0.4, 0.5) is 5.69 Å². The van der Waals surface area contributed by atoms with Crippen LogP contribution in [-0.2, 0) is 21.2 Å². The third kappa shape index (κ3) is 5.72. The Bertz CT molecular complexity index is 893. The van der Waals surface area contributed by atoms with E-state index in [-0.39, 0.29) is 12.5 Å². The van der Waals surface area contributed by atoms with Gasteiger partial charge in [0.15, 0.2) is 0 Å². The van der Waals surface area contributed by atoms with E-state index in [1.165, 1.54) is 0 Å². The minimum atomic E-state index is -3.58. The first-order valence-electron chi connectivity index (χ1n) is 8.66. The van der Waals surface area contributed by atoms with Crippen molar-refractivity contribution in [3.05, 3.63) is 59.2 Å². The van der Waals surface area contributed by atoms with Crippen molar-refractivity contribution in [2.24, 2.45) is 0 Å². The number of carbonyl (C=O) groups is 1. The molecule has 1 amide bonds. The topological polar surface area (TPSA) is 75.7 Å². The maximum absolute atomic E-state index is 12.3. The number of benzene rings is 2. The lowest BCUT2D eigenvalue weighted by molar-refractivity contribution is -0.119. The zero-order chi connectivity index (χ0) is 20.0. The van der Waals surface area contributed by atoms with Crippen LogP contribution in [0.1, 0.15) is 16.7 Å². The Labute approximate surface area is 161 Å². The molecule has 0 spiro atoms. The van der Waals surface area contributed by atoms with Gasteiger partial charge in [0.05, 0.1) is 19.1 Å². The van der Waals surface area contributed by atoms with Crippen LogP contribution in [0.5, 0.6) is 5.75 Å². The zero-order valence-electron chi connectivity index (χ0n) is 16.2. The molecule has 0 saturated heterocycles. The molecule has 0 aliphatic carbocycles. The highest BCUT2D eigenvalue weighted by molar-refractivity contribution is 7.92. The fourth-order valence-corrected chi connectivity index (χ4v) is 3.62. The number of aryl methyl sites for hydroxylation is 1. The van der Waals surface area contributed by atoms with Crippen LogP contribution in [-0.4, -0.2) is 40.8 Å². The van der Waals surface area contributed by atoms with Crippen LogP contribution >= 0.6 is 0 Å². The summed E-state index contributed by atoms with van der Waals surface area (Å²) >= 11 is 0. The molecular weight excluding hydrogens is 364 g/mol. The van der Waals surface area contributed by atoms with Gasteiger partial charge in [-0.3, -0.25) is 9.10 Å². The van der Waals surface area contributed by atoms with Gasteiger partial charge in [-0.05, 0) is 55.2 Å². The number of sulfonamides is 1. The average molecular weight is 391 g/mol. The van der Waals surface area contributed by atoms with Crippen LogP contribution in [0.2, 0.25) is 0 Å². The monoisotopic (exact) mass is 390 g/mol. The number of nitrogens with zero attached hydrogens (tertiary/aromatic N) is 1. The summed E-state index contributed by atoms with van der Waals surface area (Å²) in [6.07, 6.45) is 1.76. The van der Waals surface area contributed by atoms with Gasteiger partial charge in [-0.1, -0.05) is 24.3 Å². The molecule has 146 valence electrons. The number of carbonyl (C=O) groups excluding carboxylic acids is 1. The van der Waals surface area contributed by atoms with Crippen molar-refractivity contribution in [2.45, 2.75) is 20.3 Å². The van der Waals surface area contributed by atoms with E-state index >= 15 is 0 Å².